The summed E-state index contributed by atoms with van der Waals surface area (Å²) in [6, 6.07) is 15.2. The summed E-state index contributed by atoms with van der Waals surface area (Å²) in [5.74, 6) is -0.480. The normalized spacial score (nSPS) is 16.2. The highest BCUT2D eigenvalue weighted by atomic mass is 16.5. The minimum atomic E-state index is -0.629. The standard InChI is InChI=1S/C21H24N4O3/c26-21(23-27)19(13-16-5-2-1-3-6-16)25-15-18-8-4-7-17(20(18)22-25)14-24-9-11-28-12-10-24/h1-8,15,19,27H,9-14H2,(H,23,26). The van der Waals surface area contributed by atoms with Gasteiger partial charge in [0, 0.05) is 37.6 Å². The van der Waals surface area contributed by atoms with Crippen LogP contribution in [-0.4, -0.2) is 52.1 Å². The number of hydrogen-bond acceptors (Lipinski definition) is 5. The predicted molar refractivity (Wildman–Crippen MR) is 105 cm³/mol. The van der Waals surface area contributed by atoms with Crippen LogP contribution < -0.4 is 5.48 Å². The molecule has 7 nitrogen and oxygen atoms in total. The summed E-state index contributed by atoms with van der Waals surface area (Å²) in [4.78, 5) is 14.7. The molecule has 0 radical (unpaired) electrons. The average Bonchev–Trinajstić information content (AvgIpc) is 3.18. The highest BCUT2D eigenvalue weighted by molar-refractivity contribution is 5.83. The van der Waals surface area contributed by atoms with Gasteiger partial charge in [-0.15, -0.1) is 0 Å². The Labute approximate surface area is 163 Å². The maximum atomic E-state index is 12.4. The molecule has 1 atom stereocenters. The fourth-order valence-electron chi connectivity index (χ4n) is 3.63. The lowest BCUT2D eigenvalue weighted by Gasteiger charge is -2.26. The lowest BCUT2D eigenvalue weighted by atomic mass is 10.1. The number of benzene rings is 2. The Bertz CT molecular complexity index is 935. The predicted octanol–water partition coefficient (Wildman–Crippen LogP) is 2.16. The van der Waals surface area contributed by atoms with Gasteiger partial charge in [-0.05, 0) is 11.1 Å². The first-order chi connectivity index (χ1) is 13.7. The summed E-state index contributed by atoms with van der Waals surface area (Å²) in [5, 5.41) is 14.9. The molecule has 2 N–H and O–H groups in total. The molecule has 0 spiro atoms. The van der Waals surface area contributed by atoms with E-state index in [1.54, 1.807) is 10.2 Å². The van der Waals surface area contributed by atoms with Gasteiger partial charge in [0.1, 0.15) is 6.04 Å². The number of hydrogen-bond donors (Lipinski definition) is 2. The molecule has 2 aromatic carbocycles. The van der Waals surface area contributed by atoms with Crippen LogP contribution in [-0.2, 0) is 22.5 Å². The van der Waals surface area contributed by atoms with Crippen molar-refractivity contribution in [1.29, 1.82) is 0 Å². The molecule has 1 saturated heterocycles. The van der Waals surface area contributed by atoms with Gasteiger partial charge < -0.3 is 4.74 Å². The Morgan fingerprint density at radius 1 is 1.14 bits per heavy atom. The van der Waals surface area contributed by atoms with Crippen molar-refractivity contribution in [2.45, 2.75) is 19.0 Å². The van der Waals surface area contributed by atoms with Gasteiger partial charge in [-0.3, -0.25) is 19.6 Å². The number of morpholine rings is 1. The second-order valence-corrected chi connectivity index (χ2v) is 7.03. The van der Waals surface area contributed by atoms with E-state index >= 15 is 0 Å². The third-order valence-corrected chi connectivity index (χ3v) is 5.14. The highest BCUT2D eigenvalue weighted by Gasteiger charge is 2.23. The summed E-state index contributed by atoms with van der Waals surface area (Å²) in [6.45, 7) is 4.11. The molecule has 1 aromatic heterocycles. The summed E-state index contributed by atoms with van der Waals surface area (Å²) in [7, 11) is 0. The molecule has 1 aliphatic rings. The van der Waals surface area contributed by atoms with Crippen molar-refractivity contribution in [1.82, 2.24) is 20.2 Å². The molecule has 1 aliphatic heterocycles. The summed E-state index contributed by atoms with van der Waals surface area (Å²) < 4.78 is 7.09. The van der Waals surface area contributed by atoms with Gasteiger partial charge in [-0.25, -0.2) is 5.48 Å². The van der Waals surface area contributed by atoms with Gasteiger partial charge >= 0.3 is 0 Å². The molecule has 7 heteroatoms. The van der Waals surface area contributed by atoms with E-state index in [1.165, 1.54) is 0 Å². The molecule has 4 rings (SSSR count). The molecule has 1 unspecified atom stereocenters. The first-order valence-corrected chi connectivity index (χ1v) is 9.49. The van der Waals surface area contributed by atoms with Crippen LogP contribution >= 0.6 is 0 Å². The molecule has 1 fully saturated rings. The van der Waals surface area contributed by atoms with E-state index in [-0.39, 0.29) is 0 Å². The van der Waals surface area contributed by atoms with Crippen LogP contribution in [0.1, 0.15) is 17.2 Å². The van der Waals surface area contributed by atoms with Crippen LogP contribution in [0.4, 0.5) is 0 Å². The van der Waals surface area contributed by atoms with Crippen LogP contribution in [0.5, 0.6) is 0 Å². The number of amides is 1. The van der Waals surface area contributed by atoms with Crippen LogP contribution in [0.15, 0.2) is 54.7 Å². The number of aromatic nitrogens is 2. The van der Waals surface area contributed by atoms with E-state index in [2.05, 4.69) is 11.0 Å². The zero-order valence-electron chi connectivity index (χ0n) is 15.6. The molecule has 28 heavy (non-hydrogen) atoms. The summed E-state index contributed by atoms with van der Waals surface area (Å²) in [5.41, 5.74) is 4.80. The fraction of sp³-hybridized carbons (Fsp3) is 0.333. The first-order valence-electron chi connectivity index (χ1n) is 9.49. The summed E-state index contributed by atoms with van der Waals surface area (Å²) >= 11 is 0. The molecular weight excluding hydrogens is 356 g/mol. The lowest BCUT2D eigenvalue weighted by Crippen LogP contribution is -2.35. The van der Waals surface area contributed by atoms with Gasteiger partial charge in [-0.1, -0.05) is 48.5 Å². The molecule has 3 aromatic rings. The van der Waals surface area contributed by atoms with E-state index in [1.807, 2.05) is 48.7 Å². The first kappa shape index (κ1) is 18.6. The number of carbonyl (C=O) groups is 1. The van der Waals surface area contributed by atoms with Crippen molar-refractivity contribution in [2.75, 3.05) is 26.3 Å². The molecule has 2 heterocycles. The molecule has 0 bridgehead atoms. The number of fused-ring (bicyclic) bond motifs is 1. The van der Waals surface area contributed by atoms with Gasteiger partial charge in [-0.2, -0.15) is 5.10 Å². The smallest absolute Gasteiger partial charge is 0.268 e. The fourth-order valence-corrected chi connectivity index (χ4v) is 3.63. The average molecular weight is 380 g/mol. The molecular formula is C21H24N4O3. The van der Waals surface area contributed by atoms with Gasteiger partial charge in [0.05, 0.1) is 18.7 Å². The van der Waals surface area contributed by atoms with E-state index in [4.69, 9.17) is 9.84 Å². The van der Waals surface area contributed by atoms with E-state index in [9.17, 15) is 10.0 Å². The maximum Gasteiger partial charge on any atom is 0.268 e. The minimum absolute atomic E-state index is 0.444. The van der Waals surface area contributed by atoms with Gasteiger partial charge in [0.25, 0.3) is 5.91 Å². The quantitative estimate of drug-likeness (QED) is 0.506. The van der Waals surface area contributed by atoms with E-state index in [0.717, 1.165) is 54.9 Å². The number of carbonyl (C=O) groups excluding carboxylic acids is 1. The highest BCUT2D eigenvalue weighted by Crippen LogP contribution is 2.23. The van der Waals surface area contributed by atoms with Crippen molar-refractivity contribution < 1.29 is 14.7 Å². The summed E-state index contributed by atoms with van der Waals surface area (Å²) in [6.07, 6.45) is 2.32. The van der Waals surface area contributed by atoms with Crippen molar-refractivity contribution in [3.63, 3.8) is 0 Å². The molecule has 146 valence electrons. The van der Waals surface area contributed by atoms with E-state index < -0.39 is 11.9 Å². The van der Waals surface area contributed by atoms with Crippen LogP contribution in [0.3, 0.4) is 0 Å². The SMILES string of the molecule is O=C(NO)C(Cc1ccccc1)n1cc2cccc(CN3CCOCC3)c2n1. The number of nitrogens with zero attached hydrogens (tertiary/aromatic N) is 3. The minimum Gasteiger partial charge on any atom is -0.379 e. The van der Waals surface area contributed by atoms with Crippen LogP contribution in [0, 0.1) is 0 Å². The van der Waals surface area contributed by atoms with Crippen LogP contribution in [0.25, 0.3) is 10.9 Å². The second-order valence-electron chi connectivity index (χ2n) is 7.03. The van der Waals surface area contributed by atoms with Crippen molar-refractivity contribution >= 4 is 16.8 Å². The zero-order chi connectivity index (χ0) is 19.3. The number of ether oxygens (including phenoxy) is 1. The number of nitrogens with one attached hydrogen (secondary N) is 1. The third kappa shape index (κ3) is 4.06. The van der Waals surface area contributed by atoms with Crippen molar-refractivity contribution in [2.24, 2.45) is 0 Å². The van der Waals surface area contributed by atoms with Crippen molar-refractivity contribution in [3.8, 4) is 0 Å². The second kappa shape index (κ2) is 8.52. The topological polar surface area (TPSA) is 79.6 Å². The van der Waals surface area contributed by atoms with Crippen LogP contribution in [0.2, 0.25) is 0 Å². The Morgan fingerprint density at radius 3 is 2.68 bits per heavy atom. The molecule has 0 saturated carbocycles. The van der Waals surface area contributed by atoms with Gasteiger partial charge in [0.15, 0.2) is 0 Å². The zero-order valence-corrected chi connectivity index (χ0v) is 15.6. The molecule has 1 amide bonds. The Hall–Kier alpha value is -2.74. The van der Waals surface area contributed by atoms with Gasteiger partial charge in [0.2, 0.25) is 0 Å². The third-order valence-electron chi connectivity index (χ3n) is 5.14. The molecule has 0 aliphatic carbocycles. The number of rotatable bonds is 6. The Balaban J connectivity index is 1.64. The maximum absolute atomic E-state index is 12.4. The lowest BCUT2D eigenvalue weighted by molar-refractivity contribution is -0.132. The van der Waals surface area contributed by atoms with Crippen molar-refractivity contribution in [3.05, 3.63) is 65.9 Å². The largest absolute Gasteiger partial charge is 0.379 e. The monoisotopic (exact) mass is 380 g/mol. The Morgan fingerprint density at radius 2 is 1.93 bits per heavy atom. The van der Waals surface area contributed by atoms with E-state index in [0.29, 0.717) is 6.42 Å². The number of hydroxylamine groups is 1. The Kier molecular flexibility index (Phi) is 5.66.